The van der Waals surface area contributed by atoms with Gasteiger partial charge in [-0.05, 0) is 44.0 Å². The monoisotopic (exact) mass is 330 g/mol. The van der Waals surface area contributed by atoms with Crippen LogP contribution in [0.1, 0.15) is 6.42 Å². The maximum atomic E-state index is 4.68. The van der Waals surface area contributed by atoms with Crippen molar-refractivity contribution in [3.63, 3.8) is 0 Å². The summed E-state index contributed by atoms with van der Waals surface area (Å²) in [4.78, 5) is 4.58. The lowest BCUT2D eigenvalue weighted by atomic mass is 10.4. The Kier molecular flexibility index (Phi) is 3.36. The molecule has 21 heavy (non-hydrogen) atoms. The van der Waals surface area contributed by atoms with Crippen LogP contribution in [0.3, 0.4) is 0 Å². The number of rotatable bonds is 2. The van der Waals surface area contributed by atoms with E-state index in [0.717, 1.165) is 19.5 Å². The Labute approximate surface area is 131 Å². The van der Waals surface area contributed by atoms with E-state index in [1.807, 2.05) is 12.7 Å². The van der Waals surface area contributed by atoms with Crippen molar-refractivity contribution >= 4 is 33.1 Å². The Hall–Kier alpha value is -1.02. The summed E-state index contributed by atoms with van der Waals surface area (Å²) in [7, 11) is -1.92. The molecule has 0 spiro atoms. The van der Waals surface area contributed by atoms with Gasteiger partial charge >= 0.3 is 0 Å². The number of nitrogens with zero attached hydrogens (tertiary/aromatic N) is 6. The normalized spacial score (nSPS) is 23.7. The lowest BCUT2D eigenvalue weighted by molar-refractivity contribution is 0.411. The standard InChI is InChI=1S/C13H26N6S2/c1-20(2,3)18-12-13-17(9-7-8-16(12)10-14-18)11-15-19(13)21(4,5)6/h10-11H,7-9H2,1-6H3. The van der Waals surface area contributed by atoms with Crippen molar-refractivity contribution in [3.8, 4) is 0 Å². The number of hydrogen-bond donors (Lipinski definition) is 0. The molecule has 3 aliphatic rings. The average molecular weight is 331 g/mol. The SMILES string of the molecule is CS(C)(C)N1N=CN2CCCN3C=NN(S(C)(C)C)C3=C21. The maximum Gasteiger partial charge on any atom is 0.185 e. The van der Waals surface area contributed by atoms with Crippen LogP contribution < -0.4 is 0 Å². The number of hydrazone groups is 2. The summed E-state index contributed by atoms with van der Waals surface area (Å²) in [5, 5.41) is 9.37. The summed E-state index contributed by atoms with van der Waals surface area (Å²) in [6.45, 7) is 2.04. The summed E-state index contributed by atoms with van der Waals surface area (Å²) < 4.78 is 4.43. The fourth-order valence-corrected chi connectivity index (χ4v) is 4.69. The molecule has 0 aromatic carbocycles. The zero-order chi connectivity index (χ0) is 15.4. The minimum absolute atomic E-state index is 0.960. The van der Waals surface area contributed by atoms with Gasteiger partial charge in [0.05, 0.1) is 0 Å². The van der Waals surface area contributed by atoms with Gasteiger partial charge in [-0.3, -0.25) is 0 Å². The lowest BCUT2D eigenvalue weighted by Crippen LogP contribution is -2.33. The zero-order valence-corrected chi connectivity index (χ0v) is 15.4. The van der Waals surface area contributed by atoms with E-state index >= 15 is 0 Å². The topological polar surface area (TPSA) is 37.7 Å². The van der Waals surface area contributed by atoms with Crippen LogP contribution in [0.15, 0.2) is 21.8 Å². The Bertz CT molecular complexity index is 482. The molecule has 6 nitrogen and oxygen atoms in total. The van der Waals surface area contributed by atoms with Crippen LogP contribution in [0.2, 0.25) is 0 Å². The minimum Gasteiger partial charge on any atom is -0.312 e. The third kappa shape index (κ3) is 2.48. The van der Waals surface area contributed by atoms with Gasteiger partial charge in [0.2, 0.25) is 0 Å². The first kappa shape index (κ1) is 14.9. The second kappa shape index (κ2) is 4.74. The molecule has 0 aromatic heterocycles. The first-order chi connectivity index (χ1) is 9.69. The van der Waals surface area contributed by atoms with Crippen LogP contribution in [-0.2, 0) is 0 Å². The fourth-order valence-electron chi connectivity index (χ4n) is 2.63. The largest absolute Gasteiger partial charge is 0.312 e. The summed E-state index contributed by atoms with van der Waals surface area (Å²) >= 11 is 0. The molecule has 0 saturated carbocycles. The molecule has 0 N–H and O–H groups in total. The average Bonchev–Trinajstić information content (AvgIpc) is 2.88. The molecule has 0 bridgehead atoms. The number of hydrogen-bond acceptors (Lipinski definition) is 6. The van der Waals surface area contributed by atoms with Crippen molar-refractivity contribution in [3.05, 3.63) is 11.6 Å². The molecule has 3 heterocycles. The highest BCUT2D eigenvalue weighted by Crippen LogP contribution is 2.52. The molecule has 0 aromatic rings. The van der Waals surface area contributed by atoms with Crippen LogP contribution in [0, 0.1) is 0 Å². The third-order valence-corrected chi connectivity index (χ3v) is 6.14. The molecule has 8 heteroatoms. The van der Waals surface area contributed by atoms with Crippen LogP contribution in [0.5, 0.6) is 0 Å². The van der Waals surface area contributed by atoms with Crippen LogP contribution in [0.4, 0.5) is 0 Å². The molecule has 0 amide bonds. The summed E-state index contributed by atoms with van der Waals surface area (Å²) in [5.74, 6) is 2.41. The van der Waals surface area contributed by atoms with E-state index in [2.05, 4.69) is 66.4 Å². The summed E-state index contributed by atoms with van der Waals surface area (Å²) in [5.41, 5.74) is 0. The molecule has 0 radical (unpaired) electrons. The zero-order valence-electron chi connectivity index (χ0n) is 13.8. The number of fused-ring (bicyclic) bond motifs is 2. The Morgan fingerprint density at radius 2 is 1.14 bits per heavy atom. The van der Waals surface area contributed by atoms with Crippen molar-refractivity contribution in [2.45, 2.75) is 6.42 Å². The van der Waals surface area contributed by atoms with Crippen molar-refractivity contribution in [1.82, 2.24) is 18.6 Å². The molecule has 3 aliphatic heterocycles. The molecular weight excluding hydrogens is 304 g/mol. The third-order valence-electron chi connectivity index (χ3n) is 3.53. The first-order valence-electron chi connectivity index (χ1n) is 7.02. The molecule has 0 aliphatic carbocycles. The predicted molar refractivity (Wildman–Crippen MR) is 96.4 cm³/mol. The molecular formula is C13H26N6S2. The van der Waals surface area contributed by atoms with Crippen LogP contribution >= 0.6 is 20.4 Å². The maximum absolute atomic E-state index is 4.68. The van der Waals surface area contributed by atoms with E-state index in [4.69, 9.17) is 0 Å². The van der Waals surface area contributed by atoms with Crippen molar-refractivity contribution in [2.24, 2.45) is 10.2 Å². The summed E-state index contributed by atoms with van der Waals surface area (Å²) in [6, 6.07) is 0. The molecule has 120 valence electrons. The van der Waals surface area contributed by atoms with E-state index in [-0.39, 0.29) is 0 Å². The molecule has 0 fully saturated rings. The van der Waals surface area contributed by atoms with E-state index in [1.54, 1.807) is 0 Å². The van der Waals surface area contributed by atoms with Crippen molar-refractivity contribution < 1.29 is 0 Å². The van der Waals surface area contributed by atoms with E-state index < -0.39 is 20.4 Å². The highest BCUT2D eigenvalue weighted by atomic mass is 32.3. The Balaban J connectivity index is 2.12. The van der Waals surface area contributed by atoms with Crippen molar-refractivity contribution in [2.75, 3.05) is 50.6 Å². The Morgan fingerprint density at radius 1 is 0.762 bits per heavy atom. The van der Waals surface area contributed by atoms with Gasteiger partial charge in [0.25, 0.3) is 0 Å². The van der Waals surface area contributed by atoms with Crippen molar-refractivity contribution in [1.29, 1.82) is 0 Å². The fraction of sp³-hybridized carbons (Fsp3) is 0.692. The van der Waals surface area contributed by atoms with Gasteiger partial charge < -0.3 is 9.80 Å². The lowest BCUT2D eigenvalue weighted by Gasteiger charge is -2.41. The smallest absolute Gasteiger partial charge is 0.185 e. The van der Waals surface area contributed by atoms with E-state index in [0.29, 0.717) is 0 Å². The second-order valence-electron chi connectivity index (χ2n) is 6.94. The van der Waals surface area contributed by atoms with Gasteiger partial charge in [0, 0.05) is 13.1 Å². The molecule has 3 rings (SSSR count). The van der Waals surface area contributed by atoms with Gasteiger partial charge in [0.1, 0.15) is 12.7 Å². The quantitative estimate of drug-likeness (QED) is 0.774. The summed E-state index contributed by atoms with van der Waals surface area (Å²) in [6.07, 6.45) is 18.8. The van der Waals surface area contributed by atoms with Gasteiger partial charge in [-0.15, -0.1) is 0 Å². The highest BCUT2D eigenvalue weighted by molar-refractivity contribution is 8.30. The van der Waals surface area contributed by atoms with E-state index in [1.165, 1.54) is 11.6 Å². The first-order valence-corrected chi connectivity index (χ1v) is 12.7. The Morgan fingerprint density at radius 3 is 1.48 bits per heavy atom. The predicted octanol–water partition coefficient (Wildman–Crippen LogP) is 1.86. The minimum atomic E-state index is -0.960. The second-order valence-corrected chi connectivity index (χ2v) is 14.7. The molecule has 0 unspecified atom stereocenters. The van der Waals surface area contributed by atoms with E-state index in [9.17, 15) is 0 Å². The van der Waals surface area contributed by atoms with Crippen LogP contribution in [-0.4, -0.2) is 81.9 Å². The highest BCUT2D eigenvalue weighted by Gasteiger charge is 2.40. The molecule has 0 atom stereocenters. The van der Waals surface area contributed by atoms with Gasteiger partial charge in [-0.25, -0.2) is 8.83 Å². The van der Waals surface area contributed by atoms with Gasteiger partial charge in [0.15, 0.2) is 11.6 Å². The van der Waals surface area contributed by atoms with Gasteiger partial charge in [-0.1, -0.05) is 0 Å². The molecule has 0 saturated heterocycles. The van der Waals surface area contributed by atoms with Crippen LogP contribution in [0.25, 0.3) is 0 Å². The van der Waals surface area contributed by atoms with Gasteiger partial charge in [-0.2, -0.15) is 30.6 Å².